The average molecular weight is 491 g/mol. The molecular formula is C30H34O6. The molecule has 3 N–H and O–H groups in total. The molecular weight excluding hydrogens is 456 g/mol. The number of allylic oxidation sites excluding steroid dienone is 4. The Balaban J connectivity index is 1.87. The SMILES string of the molecule is CC(C)=CCc1c([C@@H]2CC(=O)c3c(O)cc(O)c(CC=C(C)C)c3O2)cc2c(c1O)OC(C)(C)C=C2. The summed E-state index contributed by atoms with van der Waals surface area (Å²) in [7, 11) is 0. The summed E-state index contributed by atoms with van der Waals surface area (Å²) in [6.45, 7) is 11.7. The van der Waals surface area contributed by atoms with Crippen LogP contribution in [-0.2, 0) is 12.8 Å². The van der Waals surface area contributed by atoms with Crippen molar-refractivity contribution in [1.29, 1.82) is 0 Å². The number of phenolic OH excluding ortho intramolecular Hbond substituents is 3. The number of Topliss-reactive ketones (excluding diaryl/α,β-unsaturated/α-hetero) is 1. The van der Waals surface area contributed by atoms with Crippen LogP contribution < -0.4 is 9.47 Å². The highest BCUT2D eigenvalue weighted by atomic mass is 16.5. The zero-order chi connectivity index (χ0) is 26.4. The molecule has 0 amide bonds. The number of ether oxygens (including phenoxy) is 2. The molecule has 4 rings (SSSR count). The zero-order valence-corrected chi connectivity index (χ0v) is 21.7. The first-order valence-corrected chi connectivity index (χ1v) is 12.2. The quantitative estimate of drug-likeness (QED) is 0.403. The summed E-state index contributed by atoms with van der Waals surface area (Å²) in [4.78, 5) is 13.3. The van der Waals surface area contributed by atoms with Gasteiger partial charge in [0, 0.05) is 28.3 Å². The van der Waals surface area contributed by atoms with Crippen LogP contribution in [0.15, 0.2) is 41.5 Å². The van der Waals surface area contributed by atoms with Gasteiger partial charge in [0.05, 0.1) is 6.42 Å². The summed E-state index contributed by atoms with van der Waals surface area (Å²) in [5.41, 5.74) is 4.10. The van der Waals surface area contributed by atoms with E-state index in [4.69, 9.17) is 9.47 Å². The number of carbonyl (C=O) groups is 1. The van der Waals surface area contributed by atoms with Gasteiger partial charge in [-0.25, -0.2) is 0 Å². The fourth-order valence-electron chi connectivity index (χ4n) is 4.56. The van der Waals surface area contributed by atoms with Gasteiger partial charge in [-0.15, -0.1) is 0 Å². The Morgan fingerprint density at radius 3 is 2.25 bits per heavy atom. The Bertz CT molecular complexity index is 1320. The predicted octanol–water partition coefficient (Wildman–Crippen LogP) is 6.71. The van der Waals surface area contributed by atoms with Crippen LogP contribution in [0.25, 0.3) is 6.08 Å². The first kappa shape index (κ1) is 25.4. The molecule has 0 aromatic heterocycles. The molecule has 2 aromatic carbocycles. The van der Waals surface area contributed by atoms with Gasteiger partial charge in [-0.2, -0.15) is 0 Å². The van der Waals surface area contributed by atoms with Gasteiger partial charge in [-0.05, 0) is 66.5 Å². The number of phenols is 3. The molecule has 0 fully saturated rings. The van der Waals surface area contributed by atoms with Gasteiger partial charge in [0.15, 0.2) is 17.3 Å². The first-order chi connectivity index (χ1) is 16.9. The predicted molar refractivity (Wildman–Crippen MR) is 140 cm³/mol. The van der Waals surface area contributed by atoms with E-state index in [0.717, 1.165) is 11.1 Å². The number of benzene rings is 2. The second kappa shape index (κ2) is 9.41. The van der Waals surface area contributed by atoms with Gasteiger partial charge in [0.2, 0.25) is 0 Å². The van der Waals surface area contributed by atoms with E-state index >= 15 is 0 Å². The molecule has 1 atom stereocenters. The third-order valence-corrected chi connectivity index (χ3v) is 6.48. The minimum absolute atomic E-state index is 0.0104. The Morgan fingerprint density at radius 2 is 1.61 bits per heavy atom. The Kier molecular flexibility index (Phi) is 6.65. The van der Waals surface area contributed by atoms with Crippen molar-refractivity contribution in [1.82, 2.24) is 0 Å². The van der Waals surface area contributed by atoms with Crippen molar-refractivity contribution < 1.29 is 29.6 Å². The van der Waals surface area contributed by atoms with Gasteiger partial charge in [0.25, 0.3) is 0 Å². The molecule has 2 heterocycles. The molecule has 2 aliphatic rings. The van der Waals surface area contributed by atoms with Crippen LogP contribution in [0.3, 0.4) is 0 Å². The molecule has 2 aromatic rings. The van der Waals surface area contributed by atoms with E-state index in [1.165, 1.54) is 6.07 Å². The first-order valence-electron chi connectivity index (χ1n) is 12.2. The van der Waals surface area contributed by atoms with Crippen molar-refractivity contribution in [2.75, 3.05) is 0 Å². The van der Waals surface area contributed by atoms with Crippen molar-refractivity contribution in [2.45, 2.75) is 72.5 Å². The van der Waals surface area contributed by atoms with Crippen LogP contribution in [0.5, 0.6) is 28.7 Å². The molecule has 0 saturated heterocycles. The second-order valence-corrected chi connectivity index (χ2v) is 10.6. The molecule has 0 unspecified atom stereocenters. The lowest BCUT2D eigenvalue weighted by Crippen LogP contribution is -2.28. The van der Waals surface area contributed by atoms with Crippen molar-refractivity contribution in [3.63, 3.8) is 0 Å². The van der Waals surface area contributed by atoms with Crippen LogP contribution in [-0.4, -0.2) is 26.7 Å². The molecule has 6 nitrogen and oxygen atoms in total. The molecule has 190 valence electrons. The summed E-state index contributed by atoms with van der Waals surface area (Å²) in [6.07, 6.45) is 7.82. The number of carbonyl (C=O) groups excluding carboxylic acids is 1. The van der Waals surface area contributed by atoms with Crippen molar-refractivity contribution in [2.24, 2.45) is 0 Å². The molecule has 0 saturated carbocycles. The fraction of sp³-hybridized carbons (Fsp3) is 0.367. The van der Waals surface area contributed by atoms with E-state index in [-0.39, 0.29) is 40.8 Å². The number of fused-ring (bicyclic) bond motifs is 2. The number of hydrogen-bond donors (Lipinski definition) is 3. The molecule has 2 aliphatic heterocycles. The van der Waals surface area contributed by atoms with Gasteiger partial charge >= 0.3 is 0 Å². The summed E-state index contributed by atoms with van der Waals surface area (Å²) in [5, 5.41) is 32.4. The van der Waals surface area contributed by atoms with Crippen LogP contribution in [0.2, 0.25) is 0 Å². The van der Waals surface area contributed by atoms with Crippen molar-refractivity contribution >= 4 is 11.9 Å². The maximum atomic E-state index is 13.3. The topological polar surface area (TPSA) is 96.2 Å². The van der Waals surface area contributed by atoms with Gasteiger partial charge in [0.1, 0.15) is 34.5 Å². The largest absolute Gasteiger partial charge is 0.507 e. The Morgan fingerprint density at radius 1 is 0.972 bits per heavy atom. The molecule has 0 radical (unpaired) electrons. The van der Waals surface area contributed by atoms with Gasteiger partial charge in [-0.3, -0.25) is 4.79 Å². The van der Waals surface area contributed by atoms with Crippen molar-refractivity contribution in [3.8, 4) is 28.7 Å². The summed E-state index contributed by atoms with van der Waals surface area (Å²) in [5.74, 6) is -0.0920. The van der Waals surface area contributed by atoms with Crippen LogP contribution >= 0.6 is 0 Å². The highest BCUT2D eigenvalue weighted by molar-refractivity contribution is 6.03. The minimum atomic E-state index is -0.711. The molecule has 0 spiro atoms. The van der Waals surface area contributed by atoms with Crippen LogP contribution in [0.1, 0.15) is 86.7 Å². The third-order valence-electron chi connectivity index (χ3n) is 6.48. The lowest BCUT2D eigenvalue weighted by molar-refractivity contribution is 0.0841. The smallest absolute Gasteiger partial charge is 0.174 e. The van der Waals surface area contributed by atoms with Gasteiger partial charge < -0.3 is 24.8 Å². The van der Waals surface area contributed by atoms with E-state index in [0.29, 0.717) is 40.8 Å². The van der Waals surface area contributed by atoms with E-state index in [2.05, 4.69) is 0 Å². The molecule has 0 aliphatic carbocycles. The summed E-state index contributed by atoms with van der Waals surface area (Å²) in [6, 6.07) is 3.10. The highest BCUT2D eigenvalue weighted by Crippen LogP contribution is 2.49. The maximum Gasteiger partial charge on any atom is 0.174 e. The number of rotatable bonds is 5. The third kappa shape index (κ3) is 4.85. The number of aromatic hydroxyl groups is 3. The van der Waals surface area contributed by atoms with E-state index in [9.17, 15) is 20.1 Å². The van der Waals surface area contributed by atoms with E-state index in [1.54, 1.807) is 0 Å². The lowest BCUT2D eigenvalue weighted by Gasteiger charge is -2.32. The summed E-state index contributed by atoms with van der Waals surface area (Å²) >= 11 is 0. The van der Waals surface area contributed by atoms with Crippen LogP contribution in [0.4, 0.5) is 0 Å². The summed E-state index contributed by atoms with van der Waals surface area (Å²) < 4.78 is 12.5. The Labute approximate surface area is 212 Å². The lowest BCUT2D eigenvalue weighted by atomic mass is 9.87. The monoisotopic (exact) mass is 490 g/mol. The van der Waals surface area contributed by atoms with E-state index < -0.39 is 11.7 Å². The maximum absolute atomic E-state index is 13.3. The average Bonchev–Trinajstić information content (AvgIpc) is 2.77. The standard InChI is InChI=1S/C30H34O6/c1-16(2)7-9-19-21(13-18-11-12-30(5,6)36-28(18)27(19)34)25-15-24(33)26-23(32)14-22(31)20(29(26)35-25)10-8-17(3)4/h7-8,11-14,25,31-32,34H,9-10,15H2,1-6H3/t25-/m0/s1. The Hall–Kier alpha value is -3.67. The second-order valence-electron chi connectivity index (χ2n) is 10.6. The molecule has 6 heteroatoms. The normalized spacial score (nSPS) is 17.4. The van der Waals surface area contributed by atoms with E-state index in [1.807, 2.05) is 71.9 Å². The van der Waals surface area contributed by atoms with Crippen LogP contribution in [0, 0.1) is 0 Å². The molecule has 36 heavy (non-hydrogen) atoms. The zero-order valence-electron chi connectivity index (χ0n) is 21.7. The minimum Gasteiger partial charge on any atom is -0.507 e. The molecule has 0 bridgehead atoms. The fourth-order valence-corrected chi connectivity index (χ4v) is 4.56. The van der Waals surface area contributed by atoms with Crippen molar-refractivity contribution in [3.05, 3.63) is 69.3 Å². The number of hydrogen-bond acceptors (Lipinski definition) is 6. The number of ketones is 1. The highest BCUT2D eigenvalue weighted by Gasteiger charge is 2.36. The van der Waals surface area contributed by atoms with Gasteiger partial charge in [-0.1, -0.05) is 29.4 Å².